The lowest BCUT2D eigenvalue weighted by atomic mass is 9.98. The van der Waals surface area contributed by atoms with E-state index in [1.165, 1.54) is 12.1 Å². The number of amides is 1. The van der Waals surface area contributed by atoms with E-state index < -0.39 is 0 Å². The zero-order chi connectivity index (χ0) is 22.3. The van der Waals surface area contributed by atoms with E-state index in [4.69, 9.17) is 4.52 Å². The van der Waals surface area contributed by atoms with Gasteiger partial charge >= 0.3 is 0 Å². The first-order valence-corrected chi connectivity index (χ1v) is 11.6. The van der Waals surface area contributed by atoms with Crippen molar-refractivity contribution in [1.82, 2.24) is 15.0 Å². The Labute approximate surface area is 190 Å². The molecule has 1 atom stereocenters. The van der Waals surface area contributed by atoms with E-state index in [2.05, 4.69) is 26.9 Å². The molecule has 4 rings (SSSR count). The highest BCUT2D eigenvalue weighted by molar-refractivity contribution is 7.99. The van der Waals surface area contributed by atoms with Gasteiger partial charge in [0, 0.05) is 22.8 Å². The third kappa shape index (κ3) is 5.63. The van der Waals surface area contributed by atoms with Crippen LogP contribution in [0.5, 0.6) is 0 Å². The molecule has 0 spiro atoms. The van der Waals surface area contributed by atoms with E-state index in [-0.39, 0.29) is 17.6 Å². The fourth-order valence-corrected chi connectivity index (χ4v) is 4.53. The number of hydrogen-bond donors (Lipinski definition) is 1. The molecule has 1 aliphatic rings. The normalized spacial score (nSPS) is 16.6. The van der Waals surface area contributed by atoms with Crippen molar-refractivity contribution in [2.75, 3.05) is 30.7 Å². The average molecular weight is 453 g/mol. The van der Waals surface area contributed by atoms with Gasteiger partial charge in [0.15, 0.2) is 0 Å². The maximum absolute atomic E-state index is 13.5. The van der Waals surface area contributed by atoms with Gasteiger partial charge in [-0.25, -0.2) is 4.39 Å². The Morgan fingerprint density at radius 3 is 3.03 bits per heavy atom. The minimum absolute atomic E-state index is 0.0433. The van der Waals surface area contributed by atoms with Crippen molar-refractivity contribution in [3.8, 4) is 11.4 Å². The van der Waals surface area contributed by atoms with Gasteiger partial charge in [0.25, 0.3) is 0 Å². The number of carbonyl (C=O) groups excluding carboxylic acids is 1. The second-order valence-corrected chi connectivity index (χ2v) is 8.75. The van der Waals surface area contributed by atoms with Crippen molar-refractivity contribution < 1.29 is 13.7 Å². The van der Waals surface area contributed by atoms with Crippen LogP contribution in [-0.2, 0) is 4.79 Å². The summed E-state index contributed by atoms with van der Waals surface area (Å²) in [6.45, 7) is 5.54. The highest BCUT2D eigenvalue weighted by Gasteiger charge is 2.27. The molecule has 1 saturated heterocycles. The number of benzene rings is 2. The van der Waals surface area contributed by atoms with Gasteiger partial charge in [-0.2, -0.15) is 4.98 Å². The summed E-state index contributed by atoms with van der Waals surface area (Å²) in [6.07, 6.45) is 3.68. The quantitative estimate of drug-likeness (QED) is 0.384. The SMILES string of the molecule is C=CCSc1ccccc1NC(=O)CN1CCCC(c2nc(-c3cccc(F)c3)no2)C1. The number of carbonyl (C=O) groups is 1. The van der Waals surface area contributed by atoms with Gasteiger partial charge in [0.05, 0.1) is 18.2 Å². The van der Waals surface area contributed by atoms with Crippen LogP contribution in [0.25, 0.3) is 11.4 Å². The van der Waals surface area contributed by atoms with Gasteiger partial charge in [-0.3, -0.25) is 9.69 Å². The number of likely N-dealkylation sites (tertiary alicyclic amines) is 1. The first-order chi connectivity index (χ1) is 15.6. The molecular weight excluding hydrogens is 427 g/mol. The molecule has 0 saturated carbocycles. The molecule has 1 N–H and O–H groups in total. The number of nitrogens with one attached hydrogen (secondary N) is 1. The van der Waals surface area contributed by atoms with E-state index >= 15 is 0 Å². The summed E-state index contributed by atoms with van der Waals surface area (Å²) in [7, 11) is 0. The van der Waals surface area contributed by atoms with E-state index in [1.54, 1.807) is 23.9 Å². The predicted molar refractivity (Wildman–Crippen MR) is 124 cm³/mol. The number of halogens is 1. The van der Waals surface area contributed by atoms with Crippen LogP contribution in [-0.4, -0.2) is 46.3 Å². The van der Waals surface area contributed by atoms with Crippen LogP contribution in [0.3, 0.4) is 0 Å². The smallest absolute Gasteiger partial charge is 0.238 e. The molecule has 32 heavy (non-hydrogen) atoms. The number of thioether (sulfide) groups is 1. The van der Waals surface area contributed by atoms with E-state index in [0.717, 1.165) is 35.7 Å². The Morgan fingerprint density at radius 1 is 1.31 bits per heavy atom. The fourth-order valence-electron chi connectivity index (χ4n) is 3.78. The van der Waals surface area contributed by atoms with Crippen molar-refractivity contribution in [3.63, 3.8) is 0 Å². The number of rotatable bonds is 8. The lowest BCUT2D eigenvalue weighted by Gasteiger charge is -2.30. The first-order valence-electron chi connectivity index (χ1n) is 10.6. The molecule has 0 aliphatic carbocycles. The van der Waals surface area contributed by atoms with Crippen molar-refractivity contribution in [2.24, 2.45) is 0 Å². The van der Waals surface area contributed by atoms with Crippen LogP contribution in [0.4, 0.5) is 10.1 Å². The fraction of sp³-hybridized carbons (Fsp3) is 0.292. The number of nitrogens with zero attached hydrogens (tertiary/aromatic N) is 3. The van der Waals surface area contributed by atoms with Crippen LogP contribution >= 0.6 is 11.8 Å². The van der Waals surface area contributed by atoms with Gasteiger partial charge < -0.3 is 9.84 Å². The molecule has 2 heterocycles. The number of hydrogen-bond acceptors (Lipinski definition) is 6. The molecule has 6 nitrogen and oxygen atoms in total. The van der Waals surface area contributed by atoms with Gasteiger partial charge in [-0.05, 0) is 43.7 Å². The predicted octanol–water partition coefficient (Wildman–Crippen LogP) is 4.97. The highest BCUT2D eigenvalue weighted by Crippen LogP contribution is 2.29. The summed E-state index contributed by atoms with van der Waals surface area (Å²) < 4.78 is 19.0. The second-order valence-electron chi connectivity index (χ2n) is 7.68. The topological polar surface area (TPSA) is 71.3 Å². The van der Waals surface area contributed by atoms with Crippen LogP contribution in [0.15, 0.2) is 70.6 Å². The molecule has 1 unspecified atom stereocenters. The molecular formula is C24H25FN4O2S. The standard InChI is InChI=1S/C24H25FN4O2S/c1-2-13-32-21-11-4-3-10-20(21)26-22(30)16-29-12-6-8-18(15-29)24-27-23(28-31-24)17-7-5-9-19(25)14-17/h2-5,7,9-11,14,18H,1,6,8,12-13,15-16H2,(H,26,30). The van der Waals surface area contributed by atoms with Crippen molar-refractivity contribution in [3.05, 3.63) is 72.9 Å². The van der Waals surface area contributed by atoms with Crippen LogP contribution in [0.1, 0.15) is 24.7 Å². The molecule has 1 fully saturated rings. The van der Waals surface area contributed by atoms with Crippen molar-refractivity contribution >= 4 is 23.4 Å². The molecule has 0 radical (unpaired) electrons. The molecule has 3 aromatic rings. The van der Waals surface area contributed by atoms with Gasteiger partial charge in [-0.1, -0.05) is 35.5 Å². The number of anilines is 1. The molecule has 1 aliphatic heterocycles. The summed E-state index contributed by atoms with van der Waals surface area (Å²) in [6, 6.07) is 13.9. The lowest BCUT2D eigenvalue weighted by molar-refractivity contribution is -0.117. The van der Waals surface area contributed by atoms with Crippen LogP contribution in [0, 0.1) is 5.82 Å². The van der Waals surface area contributed by atoms with E-state index in [1.807, 2.05) is 30.3 Å². The summed E-state index contributed by atoms with van der Waals surface area (Å²) in [5, 5.41) is 7.05. The second kappa shape index (κ2) is 10.6. The summed E-state index contributed by atoms with van der Waals surface area (Å²) in [5.74, 6) is 1.34. The van der Waals surface area contributed by atoms with E-state index in [9.17, 15) is 9.18 Å². The first kappa shape index (κ1) is 22.2. The average Bonchev–Trinajstić information content (AvgIpc) is 3.29. The van der Waals surface area contributed by atoms with Crippen molar-refractivity contribution in [1.29, 1.82) is 0 Å². The Bertz CT molecular complexity index is 1090. The van der Waals surface area contributed by atoms with Crippen LogP contribution in [0.2, 0.25) is 0 Å². The third-order valence-corrected chi connectivity index (χ3v) is 6.33. The third-order valence-electron chi connectivity index (χ3n) is 5.26. The summed E-state index contributed by atoms with van der Waals surface area (Å²) in [5.41, 5.74) is 1.40. The van der Waals surface area contributed by atoms with Crippen molar-refractivity contribution in [2.45, 2.75) is 23.7 Å². The molecule has 1 aromatic heterocycles. The van der Waals surface area contributed by atoms with Gasteiger partial charge in [0.2, 0.25) is 17.6 Å². The Balaban J connectivity index is 1.37. The summed E-state index contributed by atoms with van der Waals surface area (Å²) in [4.78, 5) is 20.3. The lowest BCUT2D eigenvalue weighted by Crippen LogP contribution is -2.39. The van der Waals surface area contributed by atoms with Crippen LogP contribution < -0.4 is 5.32 Å². The Kier molecular flexibility index (Phi) is 7.34. The maximum atomic E-state index is 13.5. The zero-order valence-corrected chi connectivity index (χ0v) is 18.5. The summed E-state index contributed by atoms with van der Waals surface area (Å²) >= 11 is 1.64. The maximum Gasteiger partial charge on any atom is 0.238 e. The van der Waals surface area contributed by atoms with E-state index in [0.29, 0.717) is 30.4 Å². The van der Waals surface area contributed by atoms with Gasteiger partial charge in [0.1, 0.15) is 5.82 Å². The number of aromatic nitrogens is 2. The molecule has 0 bridgehead atoms. The number of piperidine rings is 1. The monoisotopic (exact) mass is 452 g/mol. The zero-order valence-electron chi connectivity index (χ0n) is 17.7. The Hall–Kier alpha value is -2.97. The number of para-hydroxylation sites is 1. The Morgan fingerprint density at radius 2 is 2.19 bits per heavy atom. The molecule has 2 aromatic carbocycles. The van der Waals surface area contributed by atoms with Gasteiger partial charge in [-0.15, -0.1) is 18.3 Å². The molecule has 8 heteroatoms. The molecule has 166 valence electrons. The minimum Gasteiger partial charge on any atom is -0.339 e. The minimum atomic E-state index is -0.340. The largest absolute Gasteiger partial charge is 0.339 e. The molecule has 1 amide bonds. The highest BCUT2D eigenvalue weighted by atomic mass is 32.2.